The number of para-hydroxylation sites is 2. The summed E-state index contributed by atoms with van der Waals surface area (Å²) >= 11 is 0. The second kappa shape index (κ2) is 10.0. The summed E-state index contributed by atoms with van der Waals surface area (Å²) in [5, 5.41) is 7.12. The molecule has 2 heterocycles. The molecule has 0 bridgehead atoms. The molecule has 150 valence electrons. The number of ether oxygens (including phenoxy) is 1. The van der Waals surface area contributed by atoms with Gasteiger partial charge in [-0.25, -0.2) is 0 Å². The standard InChI is InChI=1S/C22H28N4O.HI/c1-23-22(24-15-17-12-14-27-21-10-6-5-9-20(17)21)25-18-11-13-26(16-18)19-7-3-2-4-8-19;/h2-10,17-18H,11-16H2,1H3,(H2,23,24,25);1H. The van der Waals surface area contributed by atoms with E-state index in [0.717, 1.165) is 50.8 Å². The van der Waals surface area contributed by atoms with E-state index in [9.17, 15) is 0 Å². The van der Waals surface area contributed by atoms with Gasteiger partial charge in [-0.3, -0.25) is 4.99 Å². The maximum atomic E-state index is 5.77. The highest BCUT2D eigenvalue weighted by Gasteiger charge is 2.24. The van der Waals surface area contributed by atoms with Crippen LogP contribution < -0.4 is 20.3 Å². The van der Waals surface area contributed by atoms with Crippen molar-refractivity contribution < 1.29 is 4.74 Å². The van der Waals surface area contributed by atoms with E-state index in [1.54, 1.807) is 0 Å². The quantitative estimate of drug-likeness (QED) is 0.389. The third-order valence-electron chi connectivity index (χ3n) is 5.47. The molecule has 2 aromatic rings. The Balaban J connectivity index is 0.00000225. The molecule has 1 saturated heterocycles. The van der Waals surface area contributed by atoms with Crippen molar-refractivity contribution in [3.05, 3.63) is 60.2 Å². The number of anilines is 1. The minimum atomic E-state index is 0. The van der Waals surface area contributed by atoms with Gasteiger partial charge in [0, 0.05) is 44.3 Å². The minimum absolute atomic E-state index is 0. The number of rotatable bonds is 4. The van der Waals surface area contributed by atoms with Crippen molar-refractivity contribution >= 4 is 35.6 Å². The van der Waals surface area contributed by atoms with Crippen molar-refractivity contribution in [2.45, 2.75) is 24.8 Å². The van der Waals surface area contributed by atoms with Crippen LogP contribution in [0.4, 0.5) is 5.69 Å². The lowest BCUT2D eigenvalue weighted by atomic mass is 9.93. The molecular formula is C22H29IN4O. The van der Waals surface area contributed by atoms with Crippen LogP contribution in [0.15, 0.2) is 59.6 Å². The van der Waals surface area contributed by atoms with Crippen LogP contribution >= 0.6 is 24.0 Å². The molecule has 6 heteroatoms. The molecule has 1 fully saturated rings. The van der Waals surface area contributed by atoms with E-state index in [2.05, 4.69) is 69.1 Å². The molecule has 0 aliphatic carbocycles. The monoisotopic (exact) mass is 492 g/mol. The fourth-order valence-electron chi connectivity index (χ4n) is 3.99. The van der Waals surface area contributed by atoms with E-state index in [1.807, 2.05) is 13.1 Å². The SMILES string of the molecule is CN=C(NCC1CCOc2ccccc21)NC1CCN(c2ccccc2)C1.I. The third kappa shape index (κ3) is 4.90. The van der Waals surface area contributed by atoms with Gasteiger partial charge in [-0.05, 0) is 36.6 Å². The molecule has 2 unspecified atom stereocenters. The van der Waals surface area contributed by atoms with Gasteiger partial charge in [0.05, 0.1) is 6.61 Å². The van der Waals surface area contributed by atoms with Crippen LogP contribution in [0, 0.1) is 0 Å². The van der Waals surface area contributed by atoms with Crippen molar-refractivity contribution in [3.63, 3.8) is 0 Å². The average Bonchev–Trinajstić information content (AvgIpc) is 3.20. The number of fused-ring (bicyclic) bond motifs is 1. The predicted molar refractivity (Wildman–Crippen MR) is 126 cm³/mol. The summed E-state index contributed by atoms with van der Waals surface area (Å²) in [5.74, 6) is 2.37. The smallest absolute Gasteiger partial charge is 0.191 e. The number of nitrogens with one attached hydrogen (secondary N) is 2. The number of hydrogen-bond donors (Lipinski definition) is 2. The Morgan fingerprint density at radius 1 is 1.11 bits per heavy atom. The first-order valence-electron chi connectivity index (χ1n) is 9.82. The summed E-state index contributed by atoms with van der Waals surface area (Å²) in [7, 11) is 1.84. The summed E-state index contributed by atoms with van der Waals surface area (Å²) in [6.45, 7) is 3.73. The van der Waals surface area contributed by atoms with Crippen molar-refractivity contribution in [2.75, 3.05) is 38.2 Å². The molecule has 5 nitrogen and oxygen atoms in total. The first kappa shape index (κ1) is 20.8. The maximum Gasteiger partial charge on any atom is 0.191 e. The molecule has 2 N–H and O–H groups in total. The largest absolute Gasteiger partial charge is 0.493 e. The average molecular weight is 492 g/mol. The maximum absolute atomic E-state index is 5.77. The molecule has 4 rings (SSSR count). The summed E-state index contributed by atoms with van der Waals surface area (Å²) in [6, 6.07) is 19.4. The van der Waals surface area contributed by atoms with E-state index in [1.165, 1.54) is 11.3 Å². The van der Waals surface area contributed by atoms with Crippen molar-refractivity contribution in [1.29, 1.82) is 0 Å². The second-order valence-electron chi connectivity index (χ2n) is 7.24. The molecule has 0 saturated carbocycles. The highest BCUT2D eigenvalue weighted by molar-refractivity contribution is 14.0. The van der Waals surface area contributed by atoms with E-state index < -0.39 is 0 Å². The van der Waals surface area contributed by atoms with Crippen molar-refractivity contribution in [3.8, 4) is 5.75 Å². The van der Waals surface area contributed by atoms with Gasteiger partial charge >= 0.3 is 0 Å². The van der Waals surface area contributed by atoms with Crippen LogP contribution in [0.1, 0.15) is 24.3 Å². The predicted octanol–water partition coefficient (Wildman–Crippen LogP) is 3.61. The normalized spacial score (nSPS) is 21.3. The zero-order valence-corrected chi connectivity index (χ0v) is 18.6. The molecule has 2 aliphatic heterocycles. The Morgan fingerprint density at radius 2 is 1.89 bits per heavy atom. The molecule has 0 radical (unpaired) electrons. The van der Waals surface area contributed by atoms with Crippen LogP contribution in [0.5, 0.6) is 5.75 Å². The van der Waals surface area contributed by atoms with Crippen LogP contribution in [0.25, 0.3) is 0 Å². The highest BCUT2D eigenvalue weighted by Crippen LogP contribution is 2.32. The zero-order valence-electron chi connectivity index (χ0n) is 16.3. The lowest BCUT2D eigenvalue weighted by Crippen LogP contribution is -2.46. The van der Waals surface area contributed by atoms with E-state index in [-0.39, 0.29) is 24.0 Å². The number of benzene rings is 2. The fraction of sp³-hybridized carbons (Fsp3) is 0.409. The molecule has 0 spiro atoms. The van der Waals surface area contributed by atoms with Crippen molar-refractivity contribution in [1.82, 2.24) is 10.6 Å². The Kier molecular flexibility index (Phi) is 7.42. The molecule has 28 heavy (non-hydrogen) atoms. The number of hydrogen-bond acceptors (Lipinski definition) is 3. The Hall–Kier alpha value is -1.96. The van der Waals surface area contributed by atoms with Gasteiger partial charge in [-0.2, -0.15) is 0 Å². The molecule has 2 atom stereocenters. The van der Waals surface area contributed by atoms with Gasteiger partial charge < -0.3 is 20.3 Å². The van der Waals surface area contributed by atoms with Gasteiger partial charge in [0.15, 0.2) is 5.96 Å². The number of halogens is 1. The second-order valence-corrected chi connectivity index (χ2v) is 7.24. The topological polar surface area (TPSA) is 48.9 Å². The number of guanidine groups is 1. The molecule has 0 aromatic heterocycles. The molecule has 2 aliphatic rings. The zero-order chi connectivity index (χ0) is 18.5. The van der Waals surface area contributed by atoms with Crippen molar-refractivity contribution in [2.24, 2.45) is 4.99 Å². The third-order valence-corrected chi connectivity index (χ3v) is 5.47. The van der Waals surface area contributed by atoms with E-state index in [4.69, 9.17) is 4.74 Å². The fourth-order valence-corrected chi connectivity index (χ4v) is 3.99. The lowest BCUT2D eigenvalue weighted by Gasteiger charge is -2.27. The minimum Gasteiger partial charge on any atom is -0.493 e. The first-order chi connectivity index (χ1) is 13.3. The van der Waals surface area contributed by atoms with Crippen LogP contribution in [-0.4, -0.2) is 45.3 Å². The Labute approximate surface area is 184 Å². The van der Waals surface area contributed by atoms with Gasteiger partial charge in [0.1, 0.15) is 5.75 Å². The van der Waals surface area contributed by atoms with Gasteiger partial charge in [-0.15, -0.1) is 24.0 Å². The first-order valence-corrected chi connectivity index (χ1v) is 9.82. The molecule has 0 amide bonds. The number of nitrogens with zero attached hydrogens (tertiary/aromatic N) is 2. The van der Waals surface area contributed by atoms with E-state index >= 15 is 0 Å². The van der Waals surface area contributed by atoms with E-state index in [0.29, 0.717) is 12.0 Å². The summed E-state index contributed by atoms with van der Waals surface area (Å²) in [5.41, 5.74) is 2.59. The summed E-state index contributed by atoms with van der Waals surface area (Å²) in [4.78, 5) is 6.86. The van der Waals surface area contributed by atoms with Crippen LogP contribution in [-0.2, 0) is 0 Å². The van der Waals surface area contributed by atoms with Crippen LogP contribution in [0.2, 0.25) is 0 Å². The highest BCUT2D eigenvalue weighted by atomic mass is 127. The summed E-state index contributed by atoms with van der Waals surface area (Å²) < 4.78 is 5.77. The van der Waals surface area contributed by atoms with Crippen LogP contribution in [0.3, 0.4) is 0 Å². The molecule has 2 aromatic carbocycles. The van der Waals surface area contributed by atoms with Gasteiger partial charge in [0.25, 0.3) is 0 Å². The Bertz CT molecular complexity index is 783. The lowest BCUT2D eigenvalue weighted by molar-refractivity contribution is 0.267. The number of aliphatic imine (C=N–C) groups is 1. The van der Waals surface area contributed by atoms with Gasteiger partial charge in [0.2, 0.25) is 0 Å². The Morgan fingerprint density at radius 3 is 2.71 bits per heavy atom. The van der Waals surface area contributed by atoms with Gasteiger partial charge in [-0.1, -0.05) is 36.4 Å². The molecular weight excluding hydrogens is 463 g/mol. The summed E-state index contributed by atoms with van der Waals surface area (Å²) in [6.07, 6.45) is 2.15.